The maximum Gasteiger partial charge on any atom is 0.233 e. The second kappa shape index (κ2) is 10.9. The number of carbonyl (C=O) groups is 1. The van der Waals surface area contributed by atoms with Crippen LogP contribution in [0.5, 0.6) is 0 Å². The van der Waals surface area contributed by atoms with Crippen molar-refractivity contribution in [3.05, 3.63) is 108 Å². The molecule has 0 saturated heterocycles. The third kappa shape index (κ3) is 5.87. The molecule has 1 aromatic heterocycles. The first-order valence-corrected chi connectivity index (χ1v) is 11.8. The highest BCUT2D eigenvalue weighted by molar-refractivity contribution is 7.99. The topological polar surface area (TPSA) is 51.0 Å². The molecular formula is C26H25FN4OS. The highest BCUT2D eigenvalue weighted by atomic mass is 32.2. The molecule has 0 atom stereocenters. The minimum Gasteiger partial charge on any atom is -0.338 e. The van der Waals surface area contributed by atoms with Crippen LogP contribution < -0.4 is 0 Å². The zero-order valence-corrected chi connectivity index (χ0v) is 19.2. The Morgan fingerprint density at radius 3 is 2.33 bits per heavy atom. The van der Waals surface area contributed by atoms with Gasteiger partial charge in [0, 0.05) is 25.2 Å². The number of benzene rings is 3. The molecule has 0 bridgehead atoms. The maximum atomic E-state index is 13.5. The van der Waals surface area contributed by atoms with E-state index in [2.05, 4.69) is 22.3 Å². The third-order valence-electron chi connectivity index (χ3n) is 5.24. The monoisotopic (exact) mass is 460 g/mol. The van der Waals surface area contributed by atoms with E-state index >= 15 is 0 Å². The predicted octanol–water partition coefficient (Wildman–Crippen LogP) is 5.14. The van der Waals surface area contributed by atoms with Gasteiger partial charge in [-0.2, -0.15) is 0 Å². The Morgan fingerprint density at radius 2 is 1.64 bits per heavy atom. The Morgan fingerprint density at radius 1 is 0.939 bits per heavy atom. The molecule has 1 amide bonds. The van der Waals surface area contributed by atoms with Crippen LogP contribution in [0.3, 0.4) is 0 Å². The van der Waals surface area contributed by atoms with Gasteiger partial charge in [-0.05, 0) is 42.3 Å². The minimum atomic E-state index is -0.299. The van der Waals surface area contributed by atoms with Gasteiger partial charge in [0.2, 0.25) is 5.91 Å². The number of rotatable bonds is 9. The van der Waals surface area contributed by atoms with E-state index in [4.69, 9.17) is 0 Å². The first kappa shape index (κ1) is 22.7. The molecule has 3 aromatic carbocycles. The standard InChI is InChI=1S/C26H25FN4OS/c1-2-30(18-21-12-9-13-22(27)16-21)25(32)19-33-26-29-28-24(17-20-10-5-3-6-11-20)31(26)23-14-7-4-8-15-23/h3-16H,2,17-19H2,1H3. The van der Waals surface area contributed by atoms with Gasteiger partial charge < -0.3 is 4.90 Å². The van der Waals surface area contributed by atoms with Gasteiger partial charge in [-0.25, -0.2) is 4.39 Å². The van der Waals surface area contributed by atoms with Crippen LogP contribution >= 0.6 is 11.8 Å². The van der Waals surface area contributed by atoms with Crippen LogP contribution in [0.1, 0.15) is 23.9 Å². The molecule has 0 saturated carbocycles. The van der Waals surface area contributed by atoms with E-state index in [1.807, 2.05) is 66.1 Å². The fraction of sp³-hybridized carbons (Fsp3) is 0.192. The van der Waals surface area contributed by atoms with Crippen molar-refractivity contribution in [1.29, 1.82) is 0 Å². The van der Waals surface area contributed by atoms with E-state index < -0.39 is 0 Å². The molecule has 7 heteroatoms. The number of thioether (sulfide) groups is 1. The summed E-state index contributed by atoms with van der Waals surface area (Å²) in [5.74, 6) is 0.708. The fourth-order valence-electron chi connectivity index (χ4n) is 3.57. The normalized spacial score (nSPS) is 10.8. The van der Waals surface area contributed by atoms with E-state index in [9.17, 15) is 9.18 Å². The average molecular weight is 461 g/mol. The average Bonchev–Trinajstić information content (AvgIpc) is 3.24. The molecule has 0 aliphatic rings. The number of hydrogen-bond donors (Lipinski definition) is 0. The van der Waals surface area contributed by atoms with Gasteiger partial charge in [0.25, 0.3) is 0 Å². The van der Waals surface area contributed by atoms with Crippen molar-refractivity contribution >= 4 is 17.7 Å². The summed E-state index contributed by atoms with van der Waals surface area (Å²) < 4.78 is 15.5. The number of nitrogens with zero attached hydrogens (tertiary/aromatic N) is 4. The lowest BCUT2D eigenvalue weighted by atomic mass is 10.1. The number of aromatic nitrogens is 3. The Balaban J connectivity index is 1.51. The zero-order chi connectivity index (χ0) is 23.0. The van der Waals surface area contributed by atoms with Crippen LogP contribution in [0.4, 0.5) is 4.39 Å². The first-order chi connectivity index (χ1) is 16.1. The molecule has 0 radical (unpaired) electrons. The zero-order valence-electron chi connectivity index (χ0n) is 18.4. The van der Waals surface area contributed by atoms with Gasteiger partial charge in [-0.3, -0.25) is 9.36 Å². The second-order valence-electron chi connectivity index (χ2n) is 7.56. The molecule has 4 aromatic rings. The van der Waals surface area contributed by atoms with E-state index in [0.29, 0.717) is 24.7 Å². The number of para-hydroxylation sites is 1. The molecule has 0 N–H and O–H groups in total. The van der Waals surface area contributed by atoms with E-state index in [1.54, 1.807) is 11.0 Å². The lowest BCUT2D eigenvalue weighted by Crippen LogP contribution is -2.31. The maximum absolute atomic E-state index is 13.5. The van der Waals surface area contributed by atoms with E-state index in [1.165, 1.54) is 23.9 Å². The highest BCUT2D eigenvalue weighted by Crippen LogP contribution is 2.24. The molecule has 0 fully saturated rings. The Hall–Kier alpha value is -3.45. The van der Waals surface area contributed by atoms with Crippen molar-refractivity contribution in [3.8, 4) is 5.69 Å². The van der Waals surface area contributed by atoms with Gasteiger partial charge in [0.05, 0.1) is 5.75 Å². The summed E-state index contributed by atoms with van der Waals surface area (Å²) in [6, 6.07) is 26.4. The van der Waals surface area contributed by atoms with Crippen molar-refractivity contribution in [2.24, 2.45) is 0 Å². The summed E-state index contributed by atoms with van der Waals surface area (Å²) in [6.07, 6.45) is 0.637. The molecule has 0 spiro atoms. The first-order valence-electron chi connectivity index (χ1n) is 10.8. The van der Waals surface area contributed by atoms with Crippen LogP contribution in [0.15, 0.2) is 90.1 Å². The molecule has 0 aliphatic heterocycles. The molecule has 5 nitrogen and oxygen atoms in total. The van der Waals surface area contributed by atoms with Crippen LogP contribution in [0, 0.1) is 5.82 Å². The van der Waals surface area contributed by atoms with Crippen LogP contribution in [-0.2, 0) is 17.8 Å². The van der Waals surface area contributed by atoms with Crippen molar-refractivity contribution in [2.45, 2.75) is 25.0 Å². The predicted molar refractivity (Wildman–Crippen MR) is 129 cm³/mol. The van der Waals surface area contributed by atoms with Gasteiger partial charge >= 0.3 is 0 Å². The summed E-state index contributed by atoms with van der Waals surface area (Å²) >= 11 is 1.36. The molecule has 33 heavy (non-hydrogen) atoms. The van der Waals surface area contributed by atoms with Gasteiger partial charge in [0.15, 0.2) is 5.16 Å². The largest absolute Gasteiger partial charge is 0.338 e. The van der Waals surface area contributed by atoms with Crippen LogP contribution in [0.25, 0.3) is 5.69 Å². The summed E-state index contributed by atoms with van der Waals surface area (Å²) in [5, 5.41) is 9.50. The molecule has 0 aliphatic carbocycles. The second-order valence-corrected chi connectivity index (χ2v) is 8.50. The van der Waals surface area contributed by atoms with E-state index in [-0.39, 0.29) is 17.5 Å². The van der Waals surface area contributed by atoms with Gasteiger partial charge in [-0.1, -0.05) is 72.4 Å². The van der Waals surface area contributed by atoms with Crippen LogP contribution in [0.2, 0.25) is 0 Å². The Labute approximate surface area is 197 Å². The molecule has 4 rings (SSSR count). The van der Waals surface area contributed by atoms with Crippen molar-refractivity contribution < 1.29 is 9.18 Å². The quantitative estimate of drug-likeness (QED) is 0.325. The lowest BCUT2D eigenvalue weighted by molar-refractivity contribution is -0.128. The van der Waals surface area contributed by atoms with Gasteiger partial charge in [0.1, 0.15) is 11.6 Å². The molecule has 1 heterocycles. The molecule has 168 valence electrons. The Kier molecular flexibility index (Phi) is 7.52. The summed E-state index contributed by atoms with van der Waals surface area (Å²) in [6.45, 7) is 2.84. The summed E-state index contributed by atoms with van der Waals surface area (Å²) in [7, 11) is 0. The van der Waals surface area contributed by atoms with Crippen molar-refractivity contribution in [2.75, 3.05) is 12.3 Å². The number of hydrogen-bond acceptors (Lipinski definition) is 4. The van der Waals surface area contributed by atoms with Crippen molar-refractivity contribution in [1.82, 2.24) is 19.7 Å². The number of carbonyl (C=O) groups excluding carboxylic acids is 1. The SMILES string of the molecule is CCN(Cc1cccc(F)c1)C(=O)CSc1nnc(Cc2ccccc2)n1-c1ccccc1. The fourth-order valence-corrected chi connectivity index (χ4v) is 4.45. The highest BCUT2D eigenvalue weighted by Gasteiger charge is 2.18. The number of halogens is 1. The van der Waals surface area contributed by atoms with Gasteiger partial charge in [-0.15, -0.1) is 10.2 Å². The van der Waals surface area contributed by atoms with Crippen molar-refractivity contribution in [3.63, 3.8) is 0 Å². The summed E-state index contributed by atoms with van der Waals surface area (Å²) in [5.41, 5.74) is 2.87. The number of amides is 1. The Bertz CT molecular complexity index is 1200. The smallest absolute Gasteiger partial charge is 0.233 e. The lowest BCUT2D eigenvalue weighted by Gasteiger charge is -2.21. The molecular weight excluding hydrogens is 435 g/mol. The minimum absolute atomic E-state index is 0.0287. The summed E-state index contributed by atoms with van der Waals surface area (Å²) in [4.78, 5) is 14.7. The third-order valence-corrected chi connectivity index (χ3v) is 6.16. The van der Waals surface area contributed by atoms with E-state index in [0.717, 1.165) is 22.6 Å². The van der Waals surface area contributed by atoms with Crippen LogP contribution in [-0.4, -0.2) is 37.9 Å². The molecule has 0 unspecified atom stereocenters.